The topological polar surface area (TPSA) is 304 Å². The number of carbonyl (C=O) groups excluding carboxylic acids is 1. The number of hydrazine groups is 2. The van der Waals surface area contributed by atoms with Crippen LogP contribution in [0.1, 0.15) is 60.5 Å². The van der Waals surface area contributed by atoms with Crippen molar-refractivity contribution < 1.29 is 64.5 Å². The Morgan fingerprint density at radius 1 is 0.776 bits per heavy atom. The fourth-order valence-corrected chi connectivity index (χ4v) is 14.3. The van der Waals surface area contributed by atoms with Gasteiger partial charge in [-0.05, 0) is 41.1 Å². The average Bonchev–Trinajstić information content (AvgIpc) is 2.08. The molecule has 6 N–H and O–H groups in total. The summed E-state index contributed by atoms with van der Waals surface area (Å²) in [5, 5.41) is 2.00. The van der Waals surface area contributed by atoms with Gasteiger partial charge in [0.05, 0.1) is 95.2 Å². The molecule has 8 heterocycles. The van der Waals surface area contributed by atoms with Crippen molar-refractivity contribution in [3.63, 3.8) is 0 Å². The van der Waals surface area contributed by atoms with Crippen LogP contribution in [0.25, 0.3) is 33.7 Å². The smallest absolute Gasteiger partial charge is 0.382 e. The second-order valence-corrected chi connectivity index (χ2v) is 25.6. The third-order valence-corrected chi connectivity index (χ3v) is 19.2. The minimum absolute atomic E-state index is 0.0232. The number of benzene rings is 3. The summed E-state index contributed by atoms with van der Waals surface area (Å²) < 4.78 is 116. The van der Waals surface area contributed by atoms with Gasteiger partial charge in [-0.1, -0.05) is 73.7 Å². The average molecular weight is 1230 g/mol. The molecule has 0 bridgehead atoms. The molecule has 1 amide bonds. The predicted molar refractivity (Wildman–Crippen MR) is 310 cm³/mol. The molecule has 2 fully saturated rings. The van der Waals surface area contributed by atoms with Gasteiger partial charge in [0.15, 0.2) is 47.7 Å². The molecule has 4 aliphatic heterocycles. The number of nitrogens with one attached hydrogen (secondary N) is 2. The van der Waals surface area contributed by atoms with Gasteiger partial charge >= 0.3 is 6.80 Å². The zero-order valence-corrected chi connectivity index (χ0v) is 48.9. The van der Waals surface area contributed by atoms with Gasteiger partial charge in [0.2, 0.25) is 13.5 Å². The lowest BCUT2D eigenvalue weighted by atomic mass is 9.96. The third kappa shape index (κ3) is 13.0. The minimum Gasteiger partial charge on any atom is -0.382 e. The Hall–Kier alpha value is -6.50. The Bertz CT molecular complexity index is 3660. The summed E-state index contributed by atoms with van der Waals surface area (Å²) in [6.07, 6.45) is -7.37. The van der Waals surface area contributed by atoms with E-state index in [1.807, 2.05) is 71.4 Å². The fourth-order valence-electron chi connectivity index (χ4n) is 10.2. The van der Waals surface area contributed by atoms with Crippen LogP contribution < -0.4 is 27.3 Å². The molecular formula is C53H61BF2N14O12P2S. The molecular weight excluding hydrogens is 1170 g/mol. The lowest BCUT2D eigenvalue weighted by molar-refractivity contribution is -0.118. The van der Waals surface area contributed by atoms with Crippen molar-refractivity contribution in [3.8, 4) is 0 Å². The van der Waals surface area contributed by atoms with Gasteiger partial charge in [0.25, 0.3) is 7.47 Å². The number of aromatic nitrogens is 8. The Kier molecular flexibility index (Phi) is 18.6. The van der Waals surface area contributed by atoms with E-state index in [-0.39, 0.29) is 52.2 Å². The van der Waals surface area contributed by atoms with E-state index in [1.165, 1.54) is 35.0 Å². The van der Waals surface area contributed by atoms with E-state index in [0.29, 0.717) is 58.1 Å². The molecule has 32 heteroatoms. The number of hydrogen-bond acceptors (Lipinski definition) is 24. The van der Waals surface area contributed by atoms with Crippen LogP contribution >= 0.6 is 25.7 Å². The molecule has 7 aromatic rings. The minimum atomic E-state index is -4.53. The van der Waals surface area contributed by atoms with Crippen molar-refractivity contribution in [2.75, 3.05) is 69.7 Å². The number of fused-ring (bicyclic) bond motifs is 6. The van der Waals surface area contributed by atoms with Crippen LogP contribution in [0, 0.1) is 0 Å². The largest absolute Gasteiger partial charge is 0.389 e. The molecule has 4 aromatic heterocycles. The number of carbonyl (C=O) groups is 1. The van der Waals surface area contributed by atoms with Gasteiger partial charge in [-0.3, -0.25) is 32.6 Å². The Morgan fingerprint density at radius 3 is 2.07 bits per heavy atom. The molecule has 4 aliphatic rings. The number of hydrogen-bond donors (Lipinski definition) is 4. The number of nitrogens with zero attached hydrogens (tertiary/aromatic N) is 10. The van der Waals surface area contributed by atoms with Gasteiger partial charge in [0, 0.05) is 30.4 Å². The van der Waals surface area contributed by atoms with E-state index < -0.39 is 70.1 Å². The normalized spacial score (nSPS) is 23.5. The maximum atomic E-state index is 16.7. The summed E-state index contributed by atoms with van der Waals surface area (Å²) in [7, 11) is 2.40. The first-order valence-electron chi connectivity index (χ1n) is 27.1. The summed E-state index contributed by atoms with van der Waals surface area (Å²) in [5.74, 6) is 0.160. The highest BCUT2D eigenvalue weighted by Crippen LogP contribution is 2.64. The van der Waals surface area contributed by atoms with Gasteiger partial charge in [-0.25, -0.2) is 43.2 Å². The van der Waals surface area contributed by atoms with Crippen LogP contribution in [0.4, 0.5) is 26.1 Å². The second-order valence-electron chi connectivity index (χ2n) is 19.9. The number of nitrogens with two attached hydrogens (primary N) is 2. The summed E-state index contributed by atoms with van der Waals surface area (Å²) >= 11 is 0.737. The van der Waals surface area contributed by atoms with Gasteiger partial charge in [0.1, 0.15) is 42.0 Å². The van der Waals surface area contributed by atoms with Crippen molar-refractivity contribution in [1.82, 2.24) is 55.0 Å². The zero-order valence-electron chi connectivity index (χ0n) is 46.3. The second kappa shape index (κ2) is 26.2. The lowest BCUT2D eigenvalue weighted by Crippen LogP contribution is -2.39. The predicted octanol–water partition coefficient (Wildman–Crippen LogP) is 6.73. The monoisotopic (exact) mass is 1230 g/mol. The van der Waals surface area contributed by atoms with Crippen molar-refractivity contribution in [2.24, 2.45) is 0 Å². The zero-order chi connectivity index (χ0) is 59.4. The summed E-state index contributed by atoms with van der Waals surface area (Å²) in [4.78, 5) is 39.8. The van der Waals surface area contributed by atoms with E-state index in [9.17, 15) is 9.36 Å². The molecule has 3 aromatic carbocycles. The number of imidazole rings is 2. The van der Waals surface area contributed by atoms with E-state index >= 15 is 13.3 Å². The molecule has 2 saturated heterocycles. The lowest BCUT2D eigenvalue weighted by Gasteiger charge is -2.30. The number of halogens is 2. The molecule has 0 spiro atoms. The number of para-hydroxylation sites is 1. The quantitative estimate of drug-likeness (QED) is 0.0262. The van der Waals surface area contributed by atoms with Gasteiger partial charge < -0.3 is 54.5 Å². The number of alkyl halides is 2. The van der Waals surface area contributed by atoms with Crippen molar-refractivity contribution in [2.45, 2.75) is 88.4 Å². The maximum Gasteiger partial charge on any atom is 0.389 e. The van der Waals surface area contributed by atoms with Crippen LogP contribution in [0.2, 0.25) is 0 Å². The maximum absolute atomic E-state index is 16.7. The molecule has 85 heavy (non-hydrogen) atoms. The molecule has 3 unspecified atom stereocenters. The Balaban J connectivity index is 0.688. The summed E-state index contributed by atoms with van der Waals surface area (Å²) in [6.45, 7) is 1.14. The highest BCUT2D eigenvalue weighted by molar-refractivity contribution is 8.54. The molecule has 0 aliphatic carbocycles. The van der Waals surface area contributed by atoms with Gasteiger partial charge in [-0.2, -0.15) is 0 Å². The van der Waals surface area contributed by atoms with Crippen molar-refractivity contribution in [1.29, 1.82) is 0 Å². The van der Waals surface area contributed by atoms with Crippen LogP contribution in [-0.4, -0.2) is 148 Å². The molecule has 26 nitrogen and oxygen atoms in total. The SMILES string of the molecule is [B]P(=O)(OC)O[C@H]1[C@@H](F)[C@H](n2cnc3c(N)ncnc32)O[C@@H]1COP(=O)(O[C@@H]1C(C)O[C@@H](n2cnc3c(N)ncnc32)[C@@H]1F)SCc1ccc(COCCOCCOCCN2NNC3=C2c2ccccc2N(C(=O)CC)Cc2ccccc23)cc1. The number of amides is 1. The highest BCUT2D eigenvalue weighted by Gasteiger charge is 2.53. The van der Waals surface area contributed by atoms with Crippen LogP contribution in [-0.2, 0) is 74.6 Å². The van der Waals surface area contributed by atoms with E-state index in [2.05, 4.69) is 46.9 Å². The number of ether oxygens (including phenoxy) is 5. The first-order valence-corrected chi connectivity index (χ1v) is 31.9. The van der Waals surface area contributed by atoms with Crippen molar-refractivity contribution >= 4 is 90.2 Å². The van der Waals surface area contributed by atoms with Crippen molar-refractivity contribution in [3.05, 3.63) is 126 Å². The first-order chi connectivity index (χ1) is 41.1. The number of nitrogen functional groups attached to an aromatic ring is 2. The number of anilines is 3. The summed E-state index contributed by atoms with van der Waals surface area (Å²) in [5.41, 5.74) is 26.5. The highest BCUT2D eigenvalue weighted by atomic mass is 32.7. The molecule has 10 atom stereocenters. The van der Waals surface area contributed by atoms with Crippen LogP contribution in [0.5, 0.6) is 0 Å². The Morgan fingerprint density at radius 2 is 1.39 bits per heavy atom. The van der Waals surface area contributed by atoms with Gasteiger partial charge in [-0.15, -0.1) is 5.53 Å². The Labute approximate surface area is 491 Å². The van der Waals surface area contributed by atoms with Crippen LogP contribution in [0.3, 0.4) is 0 Å². The third-order valence-electron chi connectivity index (χ3n) is 14.5. The molecule has 2 radical (unpaired) electrons. The van der Waals surface area contributed by atoms with E-state index in [1.54, 1.807) is 12.1 Å². The van der Waals surface area contributed by atoms with E-state index in [4.69, 9.17) is 60.8 Å². The molecule has 11 rings (SSSR count). The van der Waals surface area contributed by atoms with Crippen LogP contribution in [0.15, 0.2) is 98.1 Å². The fraction of sp³-hybridized carbons (Fsp3) is 0.415. The molecule has 448 valence electrons. The number of rotatable bonds is 25. The van der Waals surface area contributed by atoms with E-state index in [0.717, 1.165) is 64.2 Å². The first kappa shape index (κ1) is 60.2. The standard InChI is InChI=1S/C53H61BF2N14O12P2S/c1-4-39(71)67-23-34-9-5-6-10-35(34)42-45(36-11-7-8-12-37(36)67)70(66-65-42)17-18-75-19-20-76-21-22-77-24-32-13-15-33(16-14-32)26-85-84(73,82-46-31(2)79-52(40(46)55)68-29-63-43-48(57)59-27-61-50(43)68)78-25-38-47(81-83(54,72)74-3)41(56)53(80-38)69-30-64-44-49(58)60-28-62-51(44)69/h5-16,27-31,38,40-41,46-47,52-53,65-66H,4,17-26H2,1-3H3,(H2,57,59,61)(H2,58,60,62)/t31?,38-,40-,41-,46-,47-,52-,53-,83?,84?/m1/s1. The summed E-state index contributed by atoms with van der Waals surface area (Å²) in [6, 6.07) is 23.3. The molecule has 0 saturated carbocycles.